The van der Waals surface area contributed by atoms with Gasteiger partial charge in [-0.25, -0.2) is 4.39 Å². The Balaban J connectivity index is 2.04. The van der Waals surface area contributed by atoms with Crippen LogP contribution in [0.2, 0.25) is 0 Å². The van der Waals surface area contributed by atoms with Gasteiger partial charge in [-0.15, -0.1) is 0 Å². The van der Waals surface area contributed by atoms with E-state index < -0.39 is 5.67 Å². The lowest BCUT2D eigenvalue weighted by molar-refractivity contribution is 0.190. The van der Waals surface area contributed by atoms with Crippen LogP contribution in [0.3, 0.4) is 0 Å². The first-order chi connectivity index (χ1) is 7.22. The number of alkyl halides is 1. The van der Waals surface area contributed by atoms with Crippen LogP contribution >= 0.6 is 0 Å². The number of nitrogens with one attached hydrogen (secondary N) is 1. The Morgan fingerprint density at radius 3 is 2.67 bits per heavy atom. The van der Waals surface area contributed by atoms with Gasteiger partial charge in [0.1, 0.15) is 11.4 Å². The second-order valence-corrected chi connectivity index (χ2v) is 4.10. The number of ether oxygens (including phenoxy) is 1. The molecule has 0 bridgehead atoms. The van der Waals surface area contributed by atoms with E-state index >= 15 is 0 Å². The lowest BCUT2D eigenvalue weighted by Crippen LogP contribution is -2.28. The smallest absolute Gasteiger partial charge is 0.128 e. The molecule has 1 unspecified atom stereocenters. The van der Waals surface area contributed by atoms with Crippen LogP contribution in [-0.2, 0) is 6.42 Å². The summed E-state index contributed by atoms with van der Waals surface area (Å²) in [4.78, 5) is 0. The minimum Gasteiger partial charge on any atom is -0.497 e. The molecule has 1 saturated heterocycles. The van der Waals surface area contributed by atoms with Crippen LogP contribution in [0.25, 0.3) is 0 Å². The highest BCUT2D eigenvalue weighted by Gasteiger charge is 2.33. The third kappa shape index (κ3) is 2.48. The van der Waals surface area contributed by atoms with Crippen molar-refractivity contribution < 1.29 is 9.13 Å². The maximum atomic E-state index is 14.1. The molecule has 82 valence electrons. The van der Waals surface area contributed by atoms with Gasteiger partial charge in [-0.1, -0.05) is 12.1 Å². The average Bonchev–Trinajstić information content (AvgIpc) is 2.66. The molecule has 0 aromatic heterocycles. The van der Waals surface area contributed by atoms with Gasteiger partial charge in [0.05, 0.1) is 7.11 Å². The number of hydrogen-bond donors (Lipinski definition) is 1. The van der Waals surface area contributed by atoms with Crippen LogP contribution in [0.4, 0.5) is 4.39 Å². The van der Waals surface area contributed by atoms with E-state index in [9.17, 15) is 4.39 Å². The average molecular weight is 209 g/mol. The third-order valence-corrected chi connectivity index (χ3v) is 2.87. The van der Waals surface area contributed by atoms with Crippen molar-refractivity contribution in [3.8, 4) is 5.75 Å². The predicted molar refractivity (Wildman–Crippen MR) is 58.0 cm³/mol. The van der Waals surface area contributed by atoms with Gasteiger partial charge in [0.2, 0.25) is 0 Å². The van der Waals surface area contributed by atoms with Crippen LogP contribution in [0.1, 0.15) is 12.0 Å². The maximum Gasteiger partial charge on any atom is 0.128 e. The molecule has 0 amide bonds. The standard InChI is InChI=1S/C12H16FNO/c1-15-11-4-2-10(3-5-11)8-12(13)6-7-14-9-12/h2-5,14H,6-9H2,1H3. The van der Waals surface area contributed by atoms with E-state index in [1.165, 1.54) is 0 Å². The van der Waals surface area contributed by atoms with E-state index in [1.807, 2.05) is 24.3 Å². The zero-order valence-electron chi connectivity index (χ0n) is 8.92. The Kier molecular flexibility index (Phi) is 2.91. The fraction of sp³-hybridized carbons (Fsp3) is 0.500. The molecule has 15 heavy (non-hydrogen) atoms. The van der Waals surface area contributed by atoms with Crippen molar-refractivity contribution in [2.75, 3.05) is 20.2 Å². The Bertz CT molecular complexity index is 317. The summed E-state index contributed by atoms with van der Waals surface area (Å²) in [5, 5.41) is 3.06. The molecule has 1 aromatic rings. The van der Waals surface area contributed by atoms with Crippen LogP contribution in [0.5, 0.6) is 5.75 Å². The van der Waals surface area contributed by atoms with Crippen molar-refractivity contribution in [1.29, 1.82) is 0 Å². The highest BCUT2D eigenvalue weighted by atomic mass is 19.1. The summed E-state index contributed by atoms with van der Waals surface area (Å²) >= 11 is 0. The fourth-order valence-corrected chi connectivity index (χ4v) is 1.97. The molecule has 1 heterocycles. The Morgan fingerprint density at radius 1 is 1.40 bits per heavy atom. The number of halogens is 1. The SMILES string of the molecule is COc1ccc(CC2(F)CCNC2)cc1. The van der Waals surface area contributed by atoms with Crippen molar-refractivity contribution in [2.45, 2.75) is 18.5 Å². The molecule has 2 nitrogen and oxygen atoms in total. The molecule has 1 fully saturated rings. The van der Waals surface area contributed by atoms with Crippen molar-refractivity contribution in [2.24, 2.45) is 0 Å². The summed E-state index contributed by atoms with van der Waals surface area (Å²) in [5.74, 6) is 0.816. The summed E-state index contributed by atoms with van der Waals surface area (Å²) in [7, 11) is 1.63. The van der Waals surface area contributed by atoms with Gasteiger partial charge in [-0.05, 0) is 30.7 Å². The fourth-order valence-electron chi connectivity index (χ4n) is 1.97. The summed E-state index contributed by atoms with van der Waals surface area (Å²) in [6.45, 7) is 1.26. The largest absolute Gasteiger partial charge is 0.497 e. The number of hydrogen-bond acceptors (Lipinski definition) is 2. The Morgan fingerprint density at radius 2 is 2.13 bits per heavy atom. The minimum absolute atomic E-state index is 0.471. The van der Waals surface area contributed by atoms with Gasteiger partial charge in [0.15, 0.2) is 0 Å². The predicted octanol–water partition coefficient (Wildman–Crippen LogP) is 1.94. The summed E-state index contributed by atoms with van der Waals surface area (Å²) < 4.78 is 19.1. The van der Waals surface area contributed by atoms with Crippen LogP contribution in [0, 0.1) is 0 Å². The second kappa shape index (κ2) is 4.19. The first-order valence-corrected chi connectivity index (χ1v) is 5.24. The van der Waals surface area contributed by atoms with Crippen LogP contribution in [0.15, 0.2) is 24.3 Å². The molecule has 3 heteroatoms. The van der Waals surface area contributed by atoms with Crippen molar-refractivity contribution in [1.82, 2.24) is 5.32 Å². The maximum absolute atomic E-state index is 14.1. The van der Waals surface area contributed by atoms with E-state index in [0.717, 1.165) is 17.9 Å². The molecule has 1 atom stereocenters. The first kappa shape index (κ1) is 10.4. The number of rotatable bonds is 3. The van der Waals surface area contributed by atoms with Crippen molar-refractivity contribution in [3.63, 3.8) is 0 Å². The topological polar surface area (TPSA) is 21.3 Å². The normalized spacial score (nSPS) is 25.5. The Hall–Kier alpha value is -1.09. The van der Waals surface area contributed by atoms with Crippen LogP contribution < -0.4 is 10.1 Å². The molecule has 0 spiro atoms. The van der Waals surface area contributed by atoms with E-state index in [0.29, 0.717) is 19.4 Å². The second-order valence-electron chi connectivity index (χ2n) is 4.10. The van der Waals surface area contributed by atoms with Gasteiger partial charge in [0, 0.05) is 13.0 Å². The van der Waals surface area contributed by atoms with E-state index in [4.69, 9.17) is 4.74 Å². The molecule has 1 aliphatic rings. The molecule has 1 aliphatic heterocycles. The zero-order valence-corrected chi connectivity index (χ0v) is 8.92. The van der Waals surface area contributed by atoms with Crippen molar-refractivity contribution in [3.05, 3.63) is 29.8 Å². The van der Waals surface area contributed by atoms with Crippen LogP contribution in [-0.4, -0.2) is 25.9 Å². The third-order valence-electron chi connectivity index (χ3n) is 2.87. The molecule has 0 saturated carbocycles. The van der Waals surface area contributed by atoms with E-state index in [-0.39, 0.29) is 0 Å². The van der Waals surface area contributed by atoms with E-state index in [2.05, 4.69) is 5.32 Å². The lowest BCUT2D eigenvalue weighted by Gasteiger charge is -2.17. The molecule has 0 aliphatic carbocycles. The van der Waals surface area contributed by atoms with Gasteiger partial charge in [-0.3, -0.25) is 0 Å². The monoisotopic (exact) mass is 209 g/mol. The first-order valence-electron chi connectivity index (χ1n) is 5.24. The highest BCUT2D eigenvalue weighted by molar-refractivity contribution is 5.28. The molecule has 2 rings (SSSR count). The number of benzene rings is 1. The number of methoxy groups -OCH3 is 1. The van der Waals surface area contributed by atoms with E-state index in [1.54, 1.807) is 7.11 Å². The molecule has 1 aromatic carbocycles. The van der Waals surface area contributed by atoms with Gasteiger partial charge < -0.3 is 10.1 Å². The lowest BCUT2D eigenvalue weighted by atomic mass is 9.95. The van der Waals surface area contributed by atoms with Gasteiger partial charge in [-0.2, -0.15) is 0 Å². The van der Waals surface area contributed by atoms with Gasteiger partial charge in [0.25, 0.3) is 0 Å². The molecular formula is C12H16FNO. The summed E-state index contributed by atoms with van der Waals surface area (Å²) in [6.07, 6.45) is 1.10. The molecular weight excluding hydrogens is 193 g/mol. The zero-order chi connectivity index (χ0) is 10.7. The molecule has 1 N–H and O–H groups in total. The summed E-state index contributed by atoms with van der Waals surface area (Å²) in [6, 6.07) is 7.61. The molecule has 0 radical (unpaired) electrons. The Labute approximate surface area is 89.4 Å². The highest BCUT2D eigenvalue weighted by Crippen LogP contribution is 2.25. The van der Waals surface area contributed by atoms with Crippen molar-refractivity contribution >= 4 is 0 Å². The summed E-state index contributed by atoms with van der Waals surface area (Å²) in [5.41, 5.74) is -0.0313. The quantitative estimate of drug-likeness (QED) is 0.821. The minimum atomic E-state index is -1.06. The van der Waals surface area contributed by atoms with Gasteiger partial charge >= 0.3 is 0 Å².